The Balaban J connectivity index is 2.18. The molecule has 5 nitrogen and oxygen atoms in total. The summed E-state index contributed by atoms with van der Waals surface area (Å²) in [5.74, 6) is 0.117. The molecule has 0 spiro atoms. The number of hydrogen-bond acceptors (Lipinski definition) is 4. The Kier molecular flexibility index (Phi) is 3.86. The van der Waals surface area contributed by atoms with Crippen molar-refractivity contribution in [2.24, 2.45) is 0 Å². The molecule has 3 rings (SSSR count). The molecule has 0 amide bonds. The van der Waals surface area contributed by atoms with Crippen molar-refractivity contribution >= 4 is 15.7 Å². The molecule has 0 fully saturated rings. The van der Waals surface area contributed by atoms with E-state index in [0.717, 1.165) is 10.4 Å². The van der Waals surface area contributed by atoms with Crippen LogP contribution >= 0.6 is 0 Å². The number of anilines is 1. The van der Waals surface area contributed by atoms with E-state index < -0.39 is 21.8 Å². The summed E-state index contributed by atoms with van der Waals surface area (Å²) in [5.41, 5.74) is -0.534. The maximum Gasteiger partial charge on any atom is 0.416 e. The molecular weight excluding hydrogens is 345 g/mol. The molecule has 130 valence electrons. The van der Waals surface area contributed by atoms with Crippen molar-refractivity contribution in [1.29, 1.82) is 0 Å². The number of hydrogen-bond donors (Lipinski definition) is 0. The predicted octanol–water partition coefficient (Wildman–Crippen LogP) is 3.45. The van der Waals surface area contributed by atoms with E-state index in [1.54, 1.807) is 0 Å². The summed E-state index contributed by atoms with van der Waals surface area (Å²) in [6.45, 7) is 3.06. The molecule has 0 unspecified atom stereocenters. The Morgan fingerprint density at radius 1 is 1.25 bits per heavy atom. The minimum atomic E-state index is -4.53. The first-order chi connectivity index (χ1) is 11.1. The maximum absolute atomic E-state index is 13.2. The summed E-state index contributed by atoms with van der Waals surface area (Å²) in [6, 6.07) is 3.60. The van der Waals surface area contributed by atoms with Crippen LogP contribution in [0.5, 0.6) is 0 Å². The number of nitrogens with zero attached hydrogens (tertiary/aromatic N) is 2. The average molecular weight is 360 g/mol. The highest BCUT2D eigenvalue weighted by atomic mass is 32.2. The number of rotatable bonds is 2. The minimum Gasteiger partial charge on any atom is -0.360 e. The van der Waals surface area contributed by atoms with Crippen molar-refractivity contribution in [3.63, 3.8) is 0 Å². The normalized spacial score (nSPS) is 15.5. The van der Waals surface area contributed by atoms with Gasteiger partial charge in [-0.25, -0.2) is 8.42 Å². The van der Waals surface area contributed by atoms with Gasteiger partial charge in [0.05, 0.1) is 11.3 Å². The second-order valence-electron chi connectivity index (χ2n) is 5.64. The molecule has 0 aliphatic carbocycles. The molecule has 2 aromatic rings. The quantitative estimate of drug-likeness (QED) is 0.823. The van der Waals surface area contributed by atoms with Crippen LogP contribution in [-0.2, 0) is 22.6 Å². The fraction of sp³-hybridized carbons (Fsp3) is 0.400. The third-order valence-electron chi connectivity index (χ3n) is 4.03. The van der Waals surface area contributed by atoms with Crippen LogP contribution in [0.3, 0.4) is 0 Å². The monoisotopic (exact) mass is 360 g/mol. The standard InChI is InChI=1S/C15H15F3N2O3S/c1-9-14(10(2)23-19-9)24(21,22)20-8-4-5-11-12(15(16,17)18)6-3-7-13(11)20/h3,6-7H,4-5,8H2,1-2H3. The summed E-state index contributed by atoms with van der Waals surface area (Å²) in [4.78, 5) is -0.0900. The van der Waals surface area contributed by atoms with Crippen LogP contribution in [0.15, 0.2) is 27.6 Å². The molecule has 24 heavy (non-hydrogen) atoms. The molecule has 1 aliphatic rings. The lowest BCUT2D eigenvalue weighted by molar-refractivity contribution is -0.138. The fourth-order valence-electron chi connectivity index (χ4n) is 3.06. The van der Waals surface area contributed by atoms with Gasteiger partial charge >= 0.3 is 6.18 Å². The van der Waals surface area contributed by atoms with E-state index >= 15 is 0 Å². The lowest BCUT2D eigenvalue weighted by Gasteiger charge is -2.31. The van der Waals surface area contributed by atoms with Crippen LogP contribution < -0.4 is 4.31 Å². The number of sulfonamides is 1. The molecule has 0 bridgehead atoms. The van der Waals surface area contributed by atoms with Crippen molar-refractivity contribution in [2.45, 2.75) is 37.8 Å². The highest BCUT2D eigenvalue weighted by molar-refractivity contribution is 7.93. The maximum atomic E-state index is 13.2. The van der Waals surface area contributed by atoms with Gasteiger partial charge in [0.1, 0.15) is 5.69 Å². The highest BCUT2D eigenvalue weighted by Gasteiger charge is 2.39. The van der Waals surface area contributed by atoms with E-state index in [2.05, 4.69) is 5.16 Å². The van der Waals surface area contributed by atoms with Crippen molar-refractivity contribution in [3.8, 4) is 0 Å². The van der Waals surface area contributed by atoms with Gasteiger partial charge in [-0.3, -0.25) is 4.31 Å². The van der Waals surface area contributed by atoms with E-state index in [9.17, 15) is 21.6 Å². The highest BCUT2D eigenvalue weighted by Crippen LogP contribution is 2.41. The third kappa shape index (κ3) is 2.56. The van der Waals surface area contributed by atoms with E-state index in [4.69, 9.17) is 4.52 Å². The van der Waals surface area contributed by atoms with Gasteiger partial charge in [0.15, 0.2) is 10.7 Å². The Bertz CT molecular complexity index is 868. The number of fused-ring (bicyclic) bond motifs is 1. The molecule has 0 atom stereocenters. The topological polar surface area (TPSA) is 63.4 Å². The van der Waals surface area contributed by atoms with Crippen molar-refractivity contribution in [1.82, 2.24) is 5.16 Å². The van der Waals surface area contributed by atoms with Crippen molar-refractivity contribution in [3.05, 3.63) is 40.8 Å². The summed E-state index contributed by atoms with van der Waals surface area (Å²) < 4.78 is 71.5. The first-order valence-corrected chi connectivity index (χ1v) is 8.72. The zero-order chi connectivity index (χ0) is 17.7. The van der Waals surface area contributed by atoms with Crippen LogP contribution in [-0.4, -0.2) is 20.1 Å². The van der Waals surface area contributed by atoms with Gasteiger partial charge in [-0.05, 0) is 44.4 Å². The zero-order valence-electron chi connectivity index (χ0n) is 13.0. The molecule has 1 aromatic heterocycles. The molecule has 0 saturated carbocycles. The number of alkyl halides is 3. The van der Waals surface area contributed by atoms with Crippen LogP contribution in [0.25, 0.3) is 0 Å². The largest absolute Gasteiger partial charge is 0.416 e. The van der Waals surface area contributed by atoms with E-state index in [1.807, 2.05) is 0 Å². The first kappa shape index (κ1) is 16.8. The van der Waals surface area contributed by atoms with Gasteiger partial charge in [0, 0.05) is 6.54 Å². The molecule has 0 radical (unpaired) electrons. The van der Waals surface area contributed by atoms with Crippen LogP contribution in [0, 0.1) is 13.8 Å². The van der Waals surface area contributed by atoms with Gasteiger partial charge in [-0.2, -0.15) is 13.2 Å². The fourth-order valence-corrected chi connectivity index (χ4v) is 4.89. The Morgan fingerprint density at radius 3 is 2.54 bits per heavy atom. The number of halogens is 3. The summed E-state index contributed by atoms with van der Waals surface area (Å²) in [5, 5.41) is 3.63. The van der Waals surface area contributed by atoms with Gasteiger partial charge in [-0.1, -0.05) is 11.2 Å². The lowest BCUT2D eigenvalue weighted by atomic mass is 9.97. The molecule has 0 N–H and O–H groups in total. The second-order valence-corrected chi connectivity index (χ2v) is 7.43. The molecule has 9 heteroatoms. The second kappa shape index (κ2) is 5.51. The zero-order valence-corrected chi connectivity index (χ0v) is 13.8. The van der Waals surface area contributed by atoms with E-state index in [1.165, 1.54) is 26.0 Å². The van der Waals surface area contributed by atoms with Gasteiger partial charge in [0.2, 0.25) is 0 Å². The number of aromatic nitrogens is 1. The predicted molar refractivity (Wildman–Crippen MR) is 80.3 cm³/mol. The summed E-state index contributed by atoms with van der Waals surface area (Å²) >= 11 is 0. The van der Waals surface area contributed by atoms with Gasteiger partial charge in [-0.15, -0.1) is 0 Å². The minimum absolute atomic E-state index is 0.00610. The van der Waals surface area contributed by atoms with Crippen molar-refractivity contribution < 1.29 is 26.1 Å². The molecule has 2 heterocycles. The Hall–Kier alpha value is -2.03. The van der Waals surface area contributed by atoms with Crippen LogP contribution in [0.1, 0.15) is 29.0 Å². The van der Waals surface area contributed by atoms with E-state index in [0.29, 0.717) is 6.42 Å². The van der Waals surface area contributed by atoms with Gasteiger partial charge < -0.3 is 4.52 Å². The SMILES string of the molecule is Cc1noc(C)c1S(=O)(=O)N1CCCc2c1cccc2C(F)(F)F. The number of aryl methyl sites for hydroxylation is 2. The molecule has 1 aromatic carbocycles. The summed E-state index contributed by atoms with van der Waals surface area (Å²) in [7, 11) is -4.05. The van der Waals surface area contributed by atoms with Crippen LogP contribution in [0.2, 0.25) is 0 Å². The first-order valence-electron chi connectivity index (χ1n) is 7.28. The summed E-state index contributed by atoms with van der Waals surface area (Å²) in [6.07, 6.45) is -4.04. The molecule has 0 saturated heterocycles. The smallest absolute Gasteiger partial charge is 0.360 e. The Labute approximate surface area is 137 Å². The molecule has 1 aliphatic heterocycles. The number of benzene rings is 1. The Morgan fingerprint density at radius 2 is 1.96 bits per heavy atom. The lowest BCUT2D eigenvalue weighted by Crippen LogP contribution is -2.36. The van der Waals surface area contributed by atoms with Crippen LogP contribution in [0.4, 0.5) is 18.9 Å². The average Bonchev–Trinajstić information content (AvgIpc) is 2.84. The van der Waals surface area contributed by atoms with E-state index in [-0.39, 0.29) is 40.6 Å². The third-order valence-corrected chi connectivity index (χ3v) is 6.09. The molecular formula is C15H15F3N2O3S. The van der Waals surface area contributed by atoms with Crippen molar-refractivity contribution in [2.75, 3.05) is 10.8 Å². The van der Waals surface area contributed by atoms with Gasteiger partial charge in [0.25, 0.3) is 10.0 Å².